The lowest BCUT2D eigenvalue weighted by Crippen LogP contribution is -2.40. The molecular formula is C33H36N10O3. The molecule has 5 aromatic rings. The number of rotatable bonds is 4. The maximum Gasteiger partial charge on any atom is 0.278 e. The van der Waals surface area contributed by atoms with E-state index in [4.69, 9.17) is 19.7 Å². The summed E-state index contributed by atoms with van der Waals surface area (Å²) < 4.78 is 11.3. The third-order valence-corrected chi connectivity index (χ3v) is 9.26. The van der Waals surface area contributed by atoms with Crippen molar-refractivity contribution in [3.8, 4) is 11.6 Å². The van der Waals surface area contributed by atoms with E-state index in [0.29, 0.717) is 59.5 Å². The summed E-state index contributed by atoms with van der Waals surface area (Å²) >= 11 is 0. The van der Waals surface area contributed by atoms with Crippen LogP contribution < -0.4 is 20.5 Å². The molecule has 5 aromatic heterocycles. The zero-order chi connectivity index (χ0) is 31.4. The van der Waals surface area contributed by atoms with Crippen molar-refractivity contribution in [3.05, 3.63) is 65.4 Å². The summed E-state index contributed by atoms with van der Waals surface area (Å²) in [6.45, 7) is 7.55. The van der Waals surface area contributed by atoms with Crippen LogP contribution in [0.2, 0.25) is 0 Å². The lowest BCUT2D eigenvalue weighted by molar-refractivity contribution is -0.121. The Morgan fingerprint density at radius 3 is 2.70 bits per heavy atom. The fraction of sp³-hybridized carbons (Fsp3) is 0.394. The van der Waals surface area contributed by atoms with Crippen LogP contribution in [0, 0.1) is 0 Å². The van der Waals surface area contributed by atoms with Crippen molar-refractivity contribution in [3.63, 3.8) is 0 Å². The minimum absolute atomic E-state index is 0.0216. The Labute approximate surface area is 265 Å². The summed E-state index contributed by atoms with van der Waals surface area (Å²) in [5, 5.41) is 4.70. The highest BCUT2D eigenvalue weighted by molar-refractivity contribution is 5.96. The Morgan fingerprint density at radius 1 is 0.978 bits per heavy atom. The summed E-state index contributed by atoms with van der Waals surface area (Å²) in [7, 11) is 0. The number of allylic oxidation sites excluding steroid dienone is 2. The quantitative estimate of drug-likeness (QED) is 0.294. The number of pyridine rings is 2. The van der Waals surface area contributed by atoms with E-state index in [1.54, 1.807) is 38.8 Å². The topological polar surface area (TPSA) is 128 Å². The van der Waals surface area contributed by atoms with Crippen molar-refractivity contribution >= 4 is 45.4 Å². The number of fused-ring (bicyclic) bond motifs is 6. The fourth-order valence-electron chi connectivity index (χ4n) is 6.78. The zero-order valence-corrected chi connectivity index (χ0v) is 26.0. The highest BCUT2D eigenvalue weighted by Gasteiger charge is 2.29. The fourth-order valence-corrected chi connectivity index (χ4v) is 6.78. The molecule has 3 aliphatic heterocycles. The summed E-state index contributed by atoms with van der Waals surface area (Å²) in [5.74, 6) is 1.63. The van der Waals surface area contributed by atoms with Gasteiger partial charge in [-0.05, 0) is 63.8 Å². The van der Waals surface area contributed by atoms with E-state index in [9.17, 15) is 9.59 Å². The van der Waals surface area contributed by atoms with Crippen LogP contribution in [0.4, 0.5) is 17.5 Å². The van der Waals surface area contributed by atoms with Gasteiger partial charge in [0.15, 0.2) is 29.6 Å². The number of carbonyl (C=O) groups excluding carboxylic acids is 1. The monoisotopic (exact) mass is 620 g/mol. The van der Waals surface area contributed by atoms with Crippen LogP contribution in [0.3, 0.4) is 0 Å². The van der Waals surface area contributed by atoms with Crippen LogP contribution in [0.25, 0.3) is 27.9 Å². The third kappa shape index (κ3) is 4.91. The van der Waals surface area contributed by atoms with E-state index in [-0.39, 0.29) is 18.1 Å². The van der Waals surface area contributed by atoms with Gasteiger partial charge in [-0.25, -0.2) is 24.3 Å². The molecule has 236 valence electrons. The van der Waals surface area contributed by atoms with E-state index >= 15 is 0 Å². The first-order valence-corrected chi connectivity index (χ1v) is 16.0. The average molecular weight is 621 g/mol. The third-order valence-electron chi connectivity index (χ3n) is 9.26. The first-order valence-electron chi connectivity index (χ1n) is 16.0. The highest BCUT2D eigenvalue weighted by atomic mass is 16.5. The molecular weight excluding hydrogens is 584 g/mol. The second-order valence-corrected chi connectivity index (χ2v) is 12.4. The van der Waals surface area contributed by atoms with Crippen molar-refractivity contribution < 1.29 is 9.53 Å². The first kappa shape index (κ1) is 28.4. The van der Waals surface area contributed by atoms with Crippen LogP contribution >= 0.6 is 0 Å². The van der Waals surface area contributed by atoms with Crippen molar-refractivity contribution in [2.45, 2.75) is 58.2 Å². The second-order valence-electron chi connectivity index (χ2n) is 12.4. The number of amides is 1. The van der Waals surface area contributed by atoms with E-state index in [0.717, 1.165) is 55.5 Å². The number of carbonyl (C=O) groups is 1. The molecule has 1 fully saturated rings. The Hall–Kier alpha value is -5.04. The number of hydrogen-bond acceptors (Lipinski definition) is 9. The number of nitrogens with one attached hydrogen (secondary N) is 1. The molecule has 3 aliphatic rings. The van der Waals surface area contributed by atoms with Gasteiger partial charge in [-0.2, -0.15) is 4.98 Å². The van der Waals surface area contributed by atoms with E-state index in [2.05, 4.69) is 45.9 Å². The highest BCUT2D eigenvalue weighted by Crippen LogP contribution is 2.33. The van der Waals surface area contributed by atoms with Gasteiger partial charge < -0.3 is 19.5 Å². The van der Waals surface area contributed by atoms with Crippen molar-refractivity contribution in [1.29, 1.82) is 0 Å². The lowest BCUT2D eigenvalue weighted by Gasteiger charge is -2.35. The van der Waals surface area contributed by atoms with Crippen LogP contribution in [-0.2, 0) is 11.3 Å². The number of hydrogen-bond donors (Lipinski definition) is 1. The summed E-state index contributed by atoms with van der Waals surface area (Å²) in [4.78, 5) is 49.5. The molecule has 13 heteroatoms. The molecule has 1 amide bonds. The van der Waals surface area contributed by atoms with Gasteiger partial charge in [0, 0.05) is 49.5 Å². The first-order chi connectivity index (χ1) is 22.4. The SMILES string of the molecule is CC(C)N1CCC(n2ccc3cc(Nc4ncc5c(=O)n6n(c5n4)-c4ccc5c(n4)N(CCC/C=C\C6)C(=O)CO5)cnc32)CC1. The normalized spacial score (nSPS) is 18.3. The standard InChI is InChI=1S/C33H36N10O3/c1-21(2)39-14-10-24(11-15-39)40-16-9-22-17-23(18-34-29(22)40)36-33-35-19-25-30(38-33)43-27-8-7-26-31(37-27)41(28(44)20-46-26)12-5-3-4-6-13-42(43)32(25)45/h4,6-9,16-19,21,24H,3,5,10-15,20H2,1-2H3,(H,35,36,38)/b6-4-. The van der Waals surface area contributed by atoms with Gasteiger partial charge >= 0.3 is 0 Å². The predicted molar refractivity (Wildman–Crippen MR) is 175 cm³/mol. The van der Waals surface area contributed by atoms with Gasteiger partial charge in [0.2, 0.25) is 5.95 Å². The number of ether oxygens (including phenoxy) is 1. The maximum absolute atomic E-state index is 13.6. The van der Waals surface area contributed by atoms with E-state index in [1.165, 1.54) is 0 Å². The molecule has 0 saturated carbocycles. The van der Waals surface area contributed by atoms with Gasteiger partial charge in [-0.15, -0.1) is 0 Å². The molecule has 0 aliphatic carbocycles. The molecule has 8 rings (SSSR count). The van der Waals surface area contributed by atoms with Gasteiger partial charge in [0.25, 0.3) is 11.5 Å². The summed E-state index contributed by atoms with van der Waals surface area (Å²) in [5.41, 5.74) is 1.89. The largest absolute Gasteiger partial charge is 0.480 e. The van der Waals surface area contributed by atoms with Crippen molar-refractivity contribution in [2.24, 2.45) is 0 Å². The Kier molecular flexibility index (Phi) is 7.04. The molecule has 0 spiro atoms. The van der Waals surface area contributed by atoms with Crippen LogP contribution in [0.5, 0.6) is 5.75 Å². The van der Waals surface area contributed by atoms with Gasteiger partial charge in [-0.3, -0.25) is 14.5 Å². The molecule has 0 radical (unpaired) electrons. The number of piperidine rings is 1. The van der Waals surface area contributed by atoms with Gasteiger partial charge in [0.1, 0.15) is 11.0 Å². The molecule has 0 unspecified atom stereocenters. The Bertz CT molecular complexity index is 2050. The van der Waals surface area contributed by atoms with E-state index in [1.807, 2.05) is 18.2 Å². The van der Waals surface area contributed by atoms with Crippen LogP contribution in [-0.4, -0.2) is 77.0 Å². The van der Waals surface area contributed by atoms with Gasteiger partial charge in [0.05, 0.1) is 18.4 Å². The zero-order valence-electron chi connectivity index (χ0n) is 26.0. The second kappa shape index (κ2) is 11.4. The molecule has 0 aromatic carbocycles. The molecule has 1 N–H and O–H groups in total. The van der Waals surface area contributed by atoms with Crippen molar-refractivity contribution in [2.75, 3.05) is 36.5 Å². The molecule has 46 heavy (non-hydrogen) atoms. The minimum Gasteiger partial charge on any atom is -0.480 e. The molecule has 13 nitrogen and oxygen atoms in total. The number of anilines is 3. The van der Waals surface area contributed by atoms with Crippen LogP contribution in [0.15, 0.2) is 59.8 Å². The van der Waals surface area contributed by atoms with Crippen LogP contribution in [0.1, 0.15) is 45.6 Å². The Balaban J connectivity index is 1.14. The molecule has 0 atom stereocenters. The van der Waals surface area contributed by atoms with E-state index < -0.39 is 0 Å². The maximum atomic E-state index is 13.6. The van der Waals surface area contributed by atoms with Gasteiger partial charge in [-0.1, -0.05) is 12.2 Å². The molecule has 8 heterocycles. The summed E-state index contributed by atoms with van der Waals surface area (Å²) in [6, 6.07) is 8.73. The minimum atomic E-state index is -0.226. The number of likely N-dealkylation sites (tertiary alicyclic amines) is 1. The number of aromatic nitrogens is 7. The lowest BCUT2D eigenvalue weighted by atomic mass is 10.0. The smallest absolute Gasteiger partial charge is 0.278 e. The average Bonchev–Trinajstić information content (AvgIpc) is 3.60. The molecule has 1 saturated heterocycles. The van der Waals surface area contributed by atoms with Crippen molar-refractivity contribution in [1.82, 2.24) is 38.8 Å². The summed E-state index contributed by atoms with van der Waals surface area (Å²) in [6.07, 6.45) is 13.2. The predicted octanol–water partition coefficient (Wildman–Crippen LogP) is 4.19. The number of nitrogens with zero attached hydrogens (tertiary/aromatic N) is 9. The Morgan fingerprint density at radius 2 is 1.85 bits per heavy atom. The molecule has 2 bridgehead atoms.